The summed E-state index contributed by atoms with van der Waals surface area (Å²) in [6, 6.07) is 4.43. The molecule has 2 aliphatic rings. The number of hydrogen-bond acceptors (Lipinski definition) is 4. The third kappa shape index (κ3) is 2.79. The quantitative estimate of drug-likeness (QED) is 0.905. The fraction of sp³-hybridized carbons (Fsp3) is 0.625. The lowest BCUT2D eigenvalue weighted by molar-refractivity contribution is 0.118. The van der Waals surface area contributed by atoms with Crippen LogP contribution in [0, 0.1) is 0 Å². The van der Waals surface area contributed by atoms with Gasteiger partial charge in [-0.2, -0.15) is 0 Å². The van der Waals surface area contributed by atoms with Crippen LogP contribution in [0.4, 0.5) is 0 Å². The van der Waals surface area contributed by atoms with Crippen LogP contribution in [0.3, 0.4) is 0 Å². The standard InChI is InChI=1S/C16H23BrN2O2/c1-16(2)4-3-5-19(16)13(10-18)11-8-12(17)15-14(9-11)20-6-7-21-15/h8-9,13H,3-7,10,18H2,1-2H3. The number of likely N-dealkylation sites (tertiary alicyclic amines) is 1. The van der Waals surface area contributed by atoms with Crippen molar-refractivity contribution in [2.45, 2.75) is 38.3 Å². The van der Waals surface area contributed by atoms with Crippen LogP contribution in [-0.4, -0.2) is 36.7 Å². The highest BCUT2D eigenvalue weighted by atomic mass is 79.9. The largest absolute Gasteiger partial charge is 0.486 e. The molecule has 0 bridgehead atoms. The van der Waals surface area contributed by atoms with E-state index in [4.69, 9.17) is 15.2 Å². The maximum absolute atomic E-state index is 6.10. The van der Waals surface area contributed by atoms with Crippen molar-refractivity contribution in [3.63, 3.8) is 0 Å². The molecule has 0 amide bonds. The van der Waals surface area contributed by atoms with Crippen LogP contribution in [0.15, 0.2) is 16.6 Å². The average Bonchev–Trinajstić information content (AvgIpc) is 2.80. The molecule has 2 N–H and O–H groups in total. The molecular formula is C16H23BrN2O2. The summed E-state index contributed by atoms with van der Waals surface area (Å²) in [6.45, 7) is 7.51. The van der Waals surface area contributed by atoms with Crippen molar-refractivity contribution in [3.8, 4) is 11.5 Å². The summed E-state index contributed by atoms with van der Waals surface area (Å²) in [4.78, 5) is 2.52. The normalized spacial score (nSPS) is 22.3. The summed E-state index contributed by atoms with van der Waals surface area (Å²) in [5, 5.41) is 0. The Morgan fingerprint density at radius 2 is 2.10 bits per heavy atom. The van der Waals surface area contributed by atoms with Crippen LogP contribution in [-0.2, 0) is 0 Å². The lowest BCUT2D eigenvalue weighted by Crippen LogP contribution is -2.43. The summed E-state index contributed by atoms with van der Waals surface area (Å²) < 4.78 is 12.4. The van der Waals surface area contributed by atoms with E-state index >= 15 is 0 Å². The molecule has 116 valence electrons. The second-order valence-corrected chi connectivity index (χ2v) is 7.24. The minimum atomic E-state index is 0.198. The third-order valence-electron chi connectivity index (χ3n) is 4.57. The molecule has 21 heavy (non-hydrogen) atoms. The van der Waals surface area contributed by atoms with Gasteiger partial charge in [0.1, 0.15) is 13.2 Å². The molecular weight excluding hydrogens is 332 g/mol. The Bertz CT molecular complexity index is 533. The molecule has 2 heterocycles. The molecule has 5 heteroatoms. The first-order valence-corrected chi connectivity index (χ1v) is 8.38. The predicted molar refractivity (Wildman–Crippen MR) is 86.9 cm³/mol. The molecule has 0 spiro atoms. The fourth-order valence-corrected chi connectivity index (χ4v) is 4.05. The van der Waals surface area contributed by atoms with Gasteiger partial charge in [0.2, 0.25) is 0 Å². The van der Waals surface area contributed by atoms with Crippen molar-refractivity contribution in [3.05, 3.63) is 22.2 Å². The van der Waals surface area contributed by atoms with Gasteiger partial charge in [-0.05, 0) is 66.9 Å². The predicted octanol–water partition coefficient (Wildman–Crippen LogP) is 3.09. The van der Waals surface area contributed by atoms with E-state index in [0.29, 0.717) is 19.8 Å². The summed E-state index contributed by atoms with van der Waals surface area (Å²) in [5.74, 6) is 1.63. The number of benzene rings is 1. The molecule has 1 unspecified atom stereocenters. The van der Waals surface area contributed by atoms with Gasteiger partial charge in [-0.15, -0.1) is 0 Å². The Morgan fingerprint density at radius 1 is 1.33 bits per heavy atom. The number of nitrogens with two attached hydrogens (primary N) is 1. The van der Waals surface area contributed by atoms with Crippen molar-refractivity contribution >= 4 is 15.9 Å². The molecule has 3 rings (SSSR count). The first-order valence-electron chi connectivity index (χ1n) is 7.59. The van der Waals surface area contributed by atoms with Crippen molar-refractivity contribution < 1.29 is 9.47 Å². The zero-order chi connectivity index (χ0) is 15.0. The summed E-state index contributed by atoms with van der Waals surface area (Å²) in [7, 11) is 0. The van der Waals surface area contributed by atoms with Crippen LogP contribution in [0.1, 0.15) is 38.3 Å². The Kier molecular flexibility index (Phi) is 4.17. The second kappa shape index (κ2) is 5.78. The van der Waals surface area contributed by atoms with Gasteiger partial charge in [0.25, 0.3) is 0 Å². The minimum absolute atomic E-state index is 0.198. The molecule has 0 saturated carbocycles. The van der Waals surface area contributed by atoms with Crippen LogP contribution < -0.4 is 15.2 Å². The van der Waals surface area contributed by atoms with Gasteiger partial charge < -0.3 is 15.2 Å². The molecule has 1 fully saturated rings. The van der Waals surface area contributed by atoms with Gasteiger partial charge >= 0.3 is 0 Å². The van der Waals surface area contributed by atoms with E-state index in [0.717, 1.165) is 22.5 Å². The highest BCUT2D eigenvalue weighted by molar-refractivity contribution is 9.10. The minimum Gasteiger partial charge on any atom is -0.486 e. The second-order valence-electron chi connectivity index (χ2n) is 6.39. The lowest BCUT2D eigenvalue weighted by Gasteiger charge is -2.38. The summed E-state index contributed by atoms with van der Waals surface area (Å²) in [6.07, 6.45) is 2.45. The maximum atomic E-state index is 6.10. The molecule has 0 radical (unpaired) electrons. The van der Waals surface area contributed by atoms with E-state index in [1.165, 1.54) is 18.4 Å². The number of ether oxygens (including phenoxy) is 2. The van der Waals surface area contributed by atoms with E-state index in [2.05, 4.69) is 46.8 Å². The van der Waals surface area contributed by atoms with Gasteiger partial charge in [0.05, 0.1) is 4.47 Å². The molecule has 1 aromatic rings. The van der Waals surface area contributed by atoms with Gasteiger partial charge in [-0.1, -0.05) is 0 Å². The highest BCUT2D eigenvalue weighted by Crippen LogP contribution is 2.43. The Labute approximate surface area is 134 Å². The topological polar surface area (TPSA) is 47.7 Å². The number of nitrogens with zero attached hydrogens (tertiary/aromatic N) is 1. The van der Waals surface area contributed by atoms with Crippen molar-refractivity contribution in [1.29, 1.82) is 0 Å². The fourth-order valence-electron chi connectivity index (χ4n) is 3.47. The first-order chi connectivity index (χ1) is 10.0. The van der Waals surface area contributed by atoms with Crippen molar-refractivity contribution in [2.75, 3.05) is 26.3 Å². The number of hydrogen-bond donors (Lipinski definition) is 1. The van der Waals surface area contributed by atoms with E-state index in [-0.39, 0.29) is 11.6 Å². The monoisotopic (exact) mass is 354 g/mol. The maximum Gasteiger partial charge on any atom is 0.175 e. The highest BCUT2D eigenvalue weighted by Gasteiger charge is 2.37. The summed E-state index contributed by atoms with van der Waals surface area (Å²) >= 11 is 3.60. The van der Waals surface area contributed by atoms with Gasteiger partial charge in [0, 0.05) is 18.1 Å². The van der Waals surface area contributed by atoms with Crippen LogP contribution in [0.25, 0.3) is 0 Å². The molecule has 1 atom stereocenters. The average molecular weight is 355 g/mol. The van der Waals surface area contributed by atoms with Gasteiger partial charge in [-0.25, -0.2) is 0 Å². The molecule has 4 nitrogen and oxygen atoms in total. The molecule has 1 aromatic carbocycles. The van der Waals surface area contributed by atoms with Crippen LogP contribution in [0.2, 0.25) is 0 Å². The van der Waals surface area contributed by atoms with Gasteiger partial charge in [0.15, 0.2) is 11.5 Å². The number of rotatable bonds is 3. The zero-order valence-electron chi connectivity index (χ0n) is 12.7. The lowest BCUT2D eigenvalue weighted by atomic mass is 9.97. The molecule has 0 aliphatic carbocycles. The smallest absolute Gasteiger partial charge is 0.175 e. The zero-order valence-corrected chi connectivity index (χ0v) is 14.3. The number of halogens is 1. The van der Waals surface area contributed by atoms with Gasteiger partial charge in [-0.3, -0.25) is 4.90 Å². The van der Waals surface area contributed by atoms with E-state index in [9.17, 15) is 0 Å². The van der Waals surface area contributed by atoms with E-state index in [1.54, 1.807) is 0 Å². The Hall–Kier alpha value is -0.780. The van der Waals surface area contributed by atoms with Crippen LogP contribution in [0.5, 0.6) is 11.5 Å². The van der Waals surface area contributed by atoms with E-state index < -0.39 is 0 Å². The third-order valence-corrected chi connectivity index (χ3v) is 5.16. The Morgan fingerprint density at radius 3 is 2.76 bits per heavy atom. The Balaban J connectivity index is 1.96. The van der Waals surface area contributed by atoms with Crippen molar-refractivity contribution in [2.24, 2.45) is 5.73 Å². The van der Waals surface area contributed by atoms with Crippen LogP contribution >= 0.6 is 15.9 Å². The molecule has 1 saturated heterocycles. The summed E-state index contributed by atoms with van der Waals surface area (Å²) in [5.41, 5.74) is 7.50. The number of fused-ring (bicyclic) bond motifs is 1. The molecule has 2 aliphatic heterocycles. The SMILES string of the molecule is CC1(C)CCCN1C(CN)c1cc(Br)c2c(c1)OCCO2. The van der Waals surface area contributed by atoms with E-state index in [1.807, 2.05) is 0 Å². The first kappa shape index (κ1) is 15.1. The molecule has 0 aromatic heterocycles. The van der Waals surface area contributed by atoms with Crippen molar-refractivity contribution in [1.82, 2.24) is 4.90 Å².